The van der Waals surface area contributed by atoms with E-state index in [-0.39, 0.29) is 0 Å². The second-order valence-corrected chi connectivity index (χ2v) is 15.0. The highest BCUT2D eigenvalue weighted by Gasteiger charge is 2.27. The van der Waals surface area contributed by atoms with Gasteiger partial charge in [0.25, 0.3) is 0 Å². The first-order chi connectivity index (χ1) is 19.6. The van der Waals surface area contributed by atoms with E-state index < -0.39 is 7.14 Å². The molecule has 11 heteroatoms. The first kappa shape index (κ1) is 29.6. The third kappa shape index (κ3) is 6.97. The van der Waals surface area contributed by atoms with Crippen LogP contribution in [0.15, 0.2) is 42.6 Å². The van der Waals surface area contributed by atoms with Crippen LogP contribution in [-0.4, -0.2) is 92.6 Å². The van der Waals surface area contributed by atoms with Crippen LogP contribution in [0.3, 0.4) is 0 Å². The van der Waals surface area contributed by atoms with Crippen molar-refractivity contribution >= 4 is 52.9 Å². The number of hydrogen-bond acceptors (Lipinski definition) is 9. The van der Waals surface area contributed by atoms with Crippen LogP contribution in [0.4, 0.5) is 28.8 Å². The zero-order chi connectivity index (χ0) is 29.1. The van der Waals surface area contributed by atoms with Crippen LogP contribution >= 0.6 is 18.7 Å². The molecule has 0 atom stereocenters. The number of rotatable bonds is 8. The van der Waals surface area contributed by atoms with Crippen LogP contribution in [-0.2, 0) is 4.57 Å². The highest BCUT2D eigenvalue weighted by molar-refractivity contribution is 7.70. The summed E-state index contributed by atoms with van der Waals surface area (Å²) in [6.07, 6.45) is 3.90. The van der Waals surface area contributed by atoms with Gasteiger partial charge in [-0.15, -0.1) is 0 Å². The van der Waals surface area contributed by atoms with E-state index >= 15 is 0 Å². The normalized spacial score (nSPS) is 17.5. The predicted molar refractivity (Wildman–Crippen MR) is 171 cm³/mol. The Morgan fingerprint density at radius 3 is 2.41 bits per heavy atom. The summed E-state index contributed by atoms with van der Waals surface area (Å²) in [5.74, 6) is 1.53. The number of nitrogens with one attached hydrogen (secondary N) is 2. The number of aryl methyl sites for hydroxylation is 1. The van der Waals surface area contributed by atoms with Gasteiger partial charge in [0.1, 0.15) is 17.9 Å². The molecule has 0 unspecified atom stereocenters. The Morgan fingerprint density at radius 1 is 1.00 bits per heavy atom. The van der Waals surface area contributed by atoms with Crippen LogP contribution in [0.5, 0.6) is 5.75 Å². The Labute approximate surface area is 248 Å². The standard InChI is InChI=1S/C30H41ClN7O2P/c1-21-7-6-8-26(28(21)41(4,5)39)33-29-24(31)20-32-30(35-29)34-25-10-9-23(19-27(25)40-3)37-13-11-22(12-14-37)38-17-15-36(2)16-18-38/h6-10,19-20,22H,11-18H2,1-5H3,(H2,32,33,34,35). The van der Waals surface area contributed by atoms with Gasteiger partial charge in [-0.1, -0.05) is 23.7 Å². The molecule has 2 saturated heterocycles. The van der Waals surface area contributed by atoms with Gasteiger partial charge in [-0.3, -0.25) is 4.90 Å². The van der Waals surface area contributed by atoms with Crippen molar-refractivity contribution in [2.75, 3.05) is 82.3 Å². The van der Waals surface area contributed by atoms with Crippen LogP contribution < -0.4 is 25.6 Å². The summed E-state index contributed by atoms with van der Waals surface area (Å²) in [5, 5.41) is 7.73. The molecule has 0 amide bonds. The minimum Gasteiger partial charge on any atom is -0.494 e. The summed E-state index contributed by atoms with van der Waals surface area (Å²) in [7, 11) is 1.34. The smallest absolute Gasteiger partial charge is 0.229 e. The molecule has 3 aromatic rings. The molecule has 41 heavy (non-hydrogen) atoms. The number of ether oxygens (including phenoxy) is 1. The highest BCUT2D eigenvalue weighted by Crippen LogP contribution is 2.40. The van der Waals surface area contributed by atoms with Crippen LogP contribution in [0, 0.1) is 6.92 Å². The molecule has 0 spiro atoms. The maximum absolute atomic E-state index is 13.0. The van der Waals surface area contributed by atoms with Crippen molar-refractivity contribution in [2.24, 2.45) is 0 Å². The van der Waals surface area contributed by atoms with Crippen molar-refractivity contribution in [3.05, 3.63) is 53.2 Å². The third-order valence-electron chi connectivity index (χ3n) is 8.09. The Morgan fingerprint density at radius 2 is 1.73 bits per heavy atom. The van der Waals surface area contributed by atoms with Gasteiger partial charge in [0, 0.05) is 62.4 Å². The summed E-state index contributed by atoms with van der Waals surface area (Å²) in [5.41, 5.74) is 3.60. The number of halogens is 1. The first-order valence-corrected chi connectivity index (χ1v) is 17.2. The molecule has 220 valence electrons. The summed E-state index contributed by atoms with van der Waals surface area (Å²) >= 11 is 6.47. The van der Waals surface area contributed by atoms with Crippen molar-refractivity contribution in [3.63, 3.8) is 0 Å². The predicted octanol–water partition coefficient (Wildman–Crippen LogP) is 5.40. The fourth-order valence-corrected chi connectivity index (χ4v) is 7.67. The molecule has 2 fully saturated rings. The van der Waals surface area contributed by atoms with Gasteiger partial charge in [0.15, 0.2) is 5.82 Å². The van der Waals surface area contributed by atoms with Gasteiger partial charge >= 0.3 is 0 Å². The minimum atomic E-state index is -2.54. The number of likely N-dealkylation sites (N-methyl/N-ethyl adjacent to an activating group) is 1. The van der Waals surface area contributed by atoms with E-state index in [1.165, 1.54) is 25.9 Å². The van der Waals surface area contributed by atoms with Crippen LogP contribution in [0.2, 0.25) is 5.02 Å². The molecule has 0 saturated carbocycles. The molecule has 2 N–H and O–H groups in total. The number of methoxy groups -OCH3 is 1. The highest BCUT2D eigenvalue weighted by atomic mass is 35.5. The molecule has 2 aromatic carbocycles. The van der Waals surface area contributed by atoms with Crippen molar-refractivity contribution < 1.29 is 9.30 Å². The van der Waals surface area contributed by atoms with E-state index in [0.29, 0.717) is 22.8 Å². The van der Waals surface area contributed by atoms with Gasteiger partial charge in [-0.25, -0.2) is 4.98 Å². The lowest BCUT2D eigenvalue weighted by molar-refractivity contribution is 0.0982. The van der Waals surface area contributed by atoms with Crippen molar-refractivity contribution in [1.29, 1.82) is 0 Å². The van der Waals surface area contributed by atoms with Crippen LogP contribution in [0.1, 0.15) is 18.4 Å². The Balaban J connectivity index is 1.28. The second-order valence-electron chi connectivity index (χ2n) is 11.4. The average molecular weight is 598 g/mol. The Kier molecular flexibility index (Phi) is 9.09. The van der Waals surface area contributed by atoms with Crippen molar-refractivity contribution in [3.8, 4) is 5.75 Å². The molecule has 0 aliphatic carbocycles. The molecule has 2 aliphatic heterocycles. The fraction of sp³-hybridized carbons (Fsp3) is 0.467. The molecule has 9 nitrogen and oxygen atoms in total. The first-order valence-electron chi connectivity index (χ1n) is 14.2. The van der Waals surface area contributed by atoms with Crippen LogP contribution in [0.25, 0.3) is 0 Å². The number of hydrogen-bond donors (Lipinski definition) is 2. The Hall–Kier alpha value is -2.84. The molecule has 0 bridgehead atoms. The SMILES string of the molecule is COc1cc(N2CCC(N3CCN(C)CC3)CC2)ccc1Nc1ncc(Cl)c(Nc2cccc(C)c2P(C)(C)=O)n1. The number of piperidine rings is 1. The van der Waals surface area contributed by atoms with Gasteiger partial charge in [-0.05, 0) is 63.9 Å². The van der Waals surface area contributed by atoms with E-state index in [0.717, 1.165) is 59.9 Å². The molecule has 1 aromatic heterocycles. The molecule has 5 rings (SSSR count). The topological polar surface area (TPSA) is 85.9 Å². The molecular formula is C30H41ClN7O2P. The molecule has 2 aliphatic rings. The van der Waals surface area contributed by atoms with E-state index in [1.54, 1.807) is 26.6 Å². The van der Waals surface area contributed by atoms with E-state index in [9.17, 15) is 4.57 Å². The lowest BCUT2D eigenvalue weighted by Gasteiger charge is -2.42. The molecule has 0 radical (unpaired) electrons. The zero-order valence-electron chi connectivity index (χ0n) is 24.7. The zero-order valence-corrected chi connectivity index (χ0v) is 26.3. The molecule has 3 heterocycles. The minimum absolute atomic E-state index is 0.368. The average Bonchev–Trinajstić information content (AvgIpc) is 2.95. The summed E-state index contributed by atoms with van der Waals surface area (Å²) in [6.45, 7) is 12.2. The van der Waals surface area contributed by atoms with Gasteiger partial charge < -0.3 is 29.7 Å². The fourth-order valence-electron chi connectivity index (χ4n) is 5.89. The van der Waals surface area contributed by atoms with Gasteiger partial charge in [-0.2, -0.15) is 4.98 Å². The third-order valence-corrected chi connectivity index (χ3v) is 10.0. The maximum Gasteiger partial charge on any atom is 0.229 e. The largest absolute Gasteiger partial charge is 0.494 e. The number of anilines is 5. The Bertz CT molecular complexity index is 1420. The number of nitrogens with zero attached hydrogens (tertiary/aromatic N) is 5. The van der Waals surface area contributed by atoms with Crippen molar-refractivity contribution in [1.82, 2.24) is 19.8 Å². The maximum atomic E-state index is 13.0. The van der Waals surface area contributed by atoms with E-state index in [4.69, 9.17) is 16.3 Å². The lowest BCUT2D eigenvalue weighted by atomic mass is 10.0. The molecular weight excluding hydrogens is 557 g/mol. The van der Waals surface area contributed by atoms with Gasteiger partial charge in [0.2, 0.25) is 5.95 Å². The van der Waals surface area contributed by atoms with Crippen molar-refractivity contribution in [2.45, 2.75) is 25.8 Å². The van der Waals surface area contributed by atoms with E-state index in [1.807, 2.05) is 31.2 Å². The van der Waals surface area contributed by atoms with E-state index in [2.05, 4.69) is 54.5 Å². The summed E-state index contributed by atoms with van der Waals surface area (Å²) in [4.78, 5) is 16.5. The summed E-state index contributed by atoms with van der Waals surface area (Å²) < 4.78 is 18.8. The number of aromatic nitrogens is 2. The lowest BCUT2D eigenvalue weighted by Crippen LogP contribution is -2.52. The quantitative estimate of drug-likeness (QED) is 0.332. The second kappa shape index (κ2) is 12.6. The number of piperazine rings is 1. The number of benzene rings is 2. The van der Waals surface area contributed by atoms with Gasteiger partial charge in [0.05, 0.1) is 24.7 Å². The summed E-state index contributed by atoms with van der Waals surface area (Å²) in [6, 6.07) is 12.7. The monoisotopic (exact) mass is 597 g/mol.